The smallest absolute Gasteiger partial charge is 0.316 e. The van der Waals surface area contributed by atoms with Gasteiger partial charge in [-0.25, -0.2) is 9.36 Å². The molecule has 1 unspecified atom stereocenters. The molecule has 454 valence electrons. The molecule has 6 heterocycles. The van der Waals surface area contributed by atoms with Crippen LogP contribution >= 0.6 is 0 Å². The van der Waals surface area contributed by atoms with Crippen molar-refractivity contribution in [3.63, 3.8) is 0 Å². The molecule has 4 aliphatic heterocycles. The van der Waals surface area contributed by atoms with Crippen LogP contribution in [0.5, 0.6) is 11.5 Å². The molecule has 10 rings (SSSR count). The van der Waals surface area contributed by atoms with Crippen LogP contribution in [-0.2, 0) is 27.2 Å². The van der Waals surface area contributed by atoms with Gasteiger partial charge in [-0.2, -0.15) is 10.2 Å². The number of fused-ring (bicyclic) bond motifs is 2. The number of aliphatic hydroxyl groups is 17. The minimum Gasteiger partial charge on any atom is -0.497 e. The number of carbonyl (C=O) groups is 6. The second-order valence-electron chi connectivity index (χ2n) is 20.0. The number of carbonyl (C=O) groups excluding carboxylic acids is 6. The number of piperidine rings is 2. The van der Waals surface area contributed by atoms with Gasteiger partial charge in [-0.15, -0.1) is 0 Å². The molecule has 86 heavy (non-hydrogen) atoms. The van der Waals surface area contributed by atoms with E-state index in [2.05, 4.69) is 10.2 Å². The van der Waals surface area contributed by atoms with E-state index in [0.717, 1.165) is 70.0 Å². The number of hydrogen-bond acceptors (Lipinski definition) is 28. The molecule has 6 amide bonds. The topological polar surface area (TPSA) is 575 Å². The van der Waals surface area contributed by atoms with Crippen LogP contribution in [0.25, 0.3) is 11.4 Å². The second kappa shape index (κ2) is 19.5. The van der Waals surface area contributed by atoms with Crippen LogP contribution in [0, 0.1) is 0 Å². The zero-order chi connectivity index (χ0) is 63.2. The number of anilines is 4. The Labute approximate surface area is 477 Å². The highest BCUT2D eigenvalue weighted by Gasteiger charge is 2.81. The molecule has 1 atom stereocenters. The average Bonchev–Trinajstić information content (AvgIpc) is 0.931. The number of ether oxygens (including phenoxy) is 3. The van der Waals surface area contributed by atoms with Crippen LogP contribution in [0.3, 0.4) is 0 Å². The maximum Gasteiger partial charge on any atom is 0.316 e. The van der Waals surface area contributed by atoms with E-state index in [9.17, 15) is 116 Å². The molecule has 0 aliphatic carbocycles. The maximum atomic E-state index is 14.4. The zero-order valence-corrected chi connectivity index (χ0v) is 43.6. The van der Waals surface area contributed by atoms with Gasteiger partial charge in [-0.1, -0.05) is 0 Å². The lowest BCUT2D eigenvalue weighted by Gasteiger charge is -2.55. The van der Waals surface area contributed by atoms with Gasteiger partial charge in [0.05, 0.1) is 37.7 Å². The molecule has 4 aliphatic rings. The molecule has 0 saturated carbocycles. The lowest BCUT2D eigenvalue weighted by atomic mass is 9.86. The standard InChI is InChI=1S/C50H48N10O26/c1-84-28-14-10-26(11-15-28)59-35-30(33(53-59)37(51)62)18-43(69,70)56(39(35)64)23-4-2-22(3-5-23)55-32(61)20-42(67,68)48(79,50(55,82)83)86-21-85-29-16-12-27(13-17-29)60-36-31(34(54-60)38(52)63)19-44(71,72)57(40(36)65)24-6-8-25(9-7-24)58-41(66)45(73,74)46(75,76)47(77,78)49(58,80)81/h2-17,67-83H,18-21H2,1H3,(H2,51,62)(H2,52,63). The Morgan fingerprint density at radius 3 is 1.26 bits per heavy atom. The molecule has 2 fully saturated rings. The van der Waals surface area contributed by atoms with E-state index in [0.29, 0.717) is 27.7 Å². The van der Waals surface area contributed by atoms with Crippen molar-refractivity contribution < 1.29 is 130 Å². The van der Waals surface area contributed by atoms with E-state index in [-0.39, 0.29) is 39.0 Å². The molecule has 21 N–H and O–H groups in total. The van der Waals surface area contributed by atoms with Gasteiger partial charge in [-0.3, -0.25) is 48.4 Å². The van der Waals surface area contributed by atoms with Crippen LogP contribution in [-0.4, -0.2) is 208 Å². The Hall–Kier alpha value is -9.00. The summed E-state index contributed by atoms with van der Waals surface area (Å²) in [7, 11) is 1.41. The minimum atomic E-state index is -4.72. The third kappa shape index (κ3) is 8.64. The highest BCUT2D eigenvalue weighted by atomic mass is 16.8. The highest BCUT2D eigenvalue weighted by Crippen LogP contribution is 2.47. The third-order valence-electron chi connectivity index (χ3n) is 14.6. The summed E-state index contributed by atoms with van der Waals surface area (Å²) in [6.45, 7) is -1.29. The fourth-order valence-electron chi connectivity index (χ4n) is 10.3. The number of aromatic nitrogens is 4. The van der Waals surface area contributed by atoms with E-state index in [4.69, 9.17) is 25.7 Å². The first kappa shape index (κ1) is 60.1. The fraction of sp³-hybridized carbons (Fsp3) is 0.280. The largest absolute Gasteiger partial charge is 0.497 e. The van der Waals surface area contributed by atoms with Gasteiger partial charge in [0.25, 0.3) is 47.1 Å². The zero-order valence-electron chi connectivity index (χ0n) is 43.6. The Morgan fingerprint density at radius 2 is 0.860 bits per heavy atom. The van der Waals surface area contributed by atoms with Gasteiger partial charge in [0.2, 0.25) is 11.7 Å². The molecular weight excluding hydrogens is 1160 g/mol. The summed E-state index contributed by atoms with van der Waals surface area (Å²) in [5, 5.41) is 191. The van der Waals surface area contributed by atoms with Crippen molar-refractivity contribution >= 4 is 58.2 Å². The van der Waals surface area contributed by atoms with E-state index in [1.165, 1.54) is 31.4 Å². The average molecular weight is 1200 g/mol. The summed E-state index contributed by atoms with van der Waals surface area (Å²) >= 11 is 0. The first-order valence-electron chi connectivity index (χ1n) is 24.5. The van der Waals surface area contributed by atoms with Crippen molar-refractivity contribution in [1.82, 2.24) is 19.6 Å². The van der Waals surface area contributed by atoms with Crippen molar-refractivity contribution in [3.05, 3.63) is 131 Å². The normalized spacial score (nSPS) is 22.1. The highest BCUT2D eigenvalue weighted by molar-refractivity contribution is 6.12. The molecule has 6 aromatic rings. The first-order chi connectivity index (χ1) is 39.8. The number of amides is 6. The number of methoxy groups -OCH3 is 1. The number of nitrogens with two attached hydrogens (primary N) is 2. The van der Waals surface area contributed by atoms with Gasteiger partial charge in [-0.05, 0) is 97.1 Å². The number of nitrogens with zero attached hydrogens (tertiary/aromatic N) is 8. The van der Waals surface area contributed by atoms with Crippen molar-refractivity contribution in [2.45, 2.75) is 71.8 Å². The first-order valence-corrected chi connectivity index (χ1v) is 24.5. The molecule has 36 nitrogen and oxygen atoms in total. The molecule has 0 bridgehead atoms. The van der Waals surface area contributed by atoms with Crippen molar-refractivity contribution in [2.24, 2.45) is 11.5 Å². The van der Waals surface area contributed by atoms with Gasteiger partial charge in [0.1, 0.15) is 22.9 Å². The summed E-state index contributed by atoms with van der Waals surface area (Å²) in [4.78, 5) is 80.4. The molecule has 0 radical (unpaired) electrons. The monoisotopic (exact) mass is 1200 g/mol. The maximum absolute atomic E-state index is 14.4. The van der Waals surface area contributed by atoms with Crippen molar-refractivity contribution in [1.29, 1.82) is 0 Å². The molecule has 4 aromatic carbocycles. The molecule has 0 spiro atoms. The van der Waals surface area contributed by atoms with Crippen LogP contribution in [0.15, 0.2) is 97.1 Å². The summed E-state index contributed by atoms with van der Waals surface area (Å²) in [5.74, 6) is -45.1. The summed E-state index contributed by atoms with van der Waals surface area (Å²) in [5.41, 5.74) is 6.39. The number of hydrogen-bond donors (Lipinski definition) is 19. The second-order valence-corrected chi connectivity index (χ2v) is 20.0. The van der Waals surface area contributed by atoms with Crippen molar-refractivity contribution in [3.8, 4) is 22.9 Å². The summed E-state index contributed by atoms with van der Waals surface area (Å²) in [6, 6.07) is 17.3. The molecule has 2 saturated heterocycles. The Morgan fingerprint density at radius 1 is 0.488 bits per heavy atom. The lowest BCUT2D eigenvalue weighted by Crippen LogP contribution is -2.88. The third-order valence-corrected chi connectivity index (χ3v) is 14.6. The SMILES string of the molecule is COc1ccc(-n2nc(C(N)=O)c3c2C(=O)N(c2ccc(N4C(=O)CC(O)(O)C(O)(OCOc5ccc(-n6nc(C(N)=O)c7c6C(=O)N(c6ccc(N8C(=O)C(O)(O)C(O)(O)C(O)(O)C8(O)O)cc6)C(O)(O)C7)cc5)C4(O)O)cc2)C(O)(O)C3)cc1. The Bertz CT molecular complexity index is 3800. The van der Waals surface area contributed by atoms with Gasteiger partial charge in [0, 0.05) is 33.9 Å². The van der Waals surface area contributed by atoms with E-state index in [1.54, 1.807) is 0 Å². The van der Waals surface area contributed by atoms with Gasteiger partial charge < -0.3 is 112 Å². The van der Waals surface area contributed by atoms with Gasteiger partial charge in [0.15, 0.2) is 18.2 Å². The minimum absolute atomic E-state index is 0.0683. The lowest BCUT2D eigenvalue weighted by molar-refractivity contribution is -0.505. The van der Waals surface area contributed by atoms with Gasteiger partial charge >= 0.3 is 29.2 Å². The number of primary amides is 2. The molecular formula is C50H48N10O26. The molecule has 2 aromatic heterocycles. The van der Waals surface area contributed by atoms with Crippen LogP contribution in [0.4, 0.5) is 22.7 Å². The quantitative estimate of drug-likeness (QED) is 0.0478. The summed E-state index contributed by atoms with van der Waals surface area (Å²) < 4.78 is 17.7. The fourth-order valence-corrected chi connectivity index (χ4v) is 10.3. The Kier molecular flexibility index (Phi) is 13.6. The number of benzene rings is 4. The predicted molar refractivity (Wildman–Crippen MR) is 273 cm³/mol. The van der Waals surface area contributed by atoms with Crippen LogP contribution < -0.4 is 40.5 Å². The van der Waals surface area contributed by atoms with Crippen LogP contribution in [0.1, 0.15) is 59.5 Å². The Balaban J connectivity index is 0.871. The molecule has 36 heteroatoms. The van der Waals surface area contributed by atoms with E-state index < -0.39 is 159 Å². The van der Waals surface area contributed by atoms with E-state index >= 15 is 0 Å². The summed E-state index contributed by atoms with van der Waals surface area (Å²) in [6.07, 6.45) is -3.31. The van der Waals surface area contributed by atoms with Crippen molar-refractivity contribution in [2.75, 3.05) is 33.5 Å². The van der Waals surface area contributed by atoms with E-state index in [1.807, 2.05) is 0 Å². The predicted octanol–water partition coefficient (Wildman–Crippen LogP) is -8.23. The van der Waals surface area contributed by atoms with Crippen LogP contribution in [0.2, 0.25) is 0 Å². The number of rotatable bonds is 13.